The molecule has 0 radical (unpaired) electrons. The van der Waals surface area contributed by atoms with E-state index in [-0.39, 0.29) is 13.0 Å². The lowest BCUT2D eigenvalue weighted by Gasteiger charge is -2.21. The first-order chi connectivity index (χ1) is 7.41. The lowest BCUT2D eigenvalue weighted by atomic mass is 10.0. The van der Waals surface area contributed by atoms with E-state index in [1.807, 2.05) is 0 Å². The van der Waals surface area contributed by atoms with Crippen LogP contribution in [0.4, 0.5) is 0 Å². The molecule has 0 fully saturated rings. The van der Waals surface area contributed by atoms with Gasteiger partial charge in [-0.1, -0.05) is 23.7 Å². The number of carboxylic acid groups (broad SMARTS) is 1. The zero-order valence-corrected chi connectivity index (χ0v) is 9.57. The number of carbonyl (C=O) groups is 1. The Morgan fingerprint density at radius 2 is 2.12 bits per heavy atom. The van der Waals surface area contributed by atoms with Crippen molar-refractivity contribution in [3.05, 3.63) is 29.3 Å². The summed E-state index contributed by atoms with van der Waals surface area (Å²) < 4.78 is 5.26. The van der Waals surface area contributed by atoms with E-state index in [1.54, 1.807) is 24.3 Å². The van der Waals surface area contributed by atoms with Crippen LogP contribution in [0.2, 0.25) is 5.02 Å². The van der Waals surface area contributed by atoms with E-state index in [0.717, 1.165) is 0 Å². The standard InChI is InChI=1S/C11H13ClO4/c1-11(15,6-10(13)14)7-16-9-5-3-2-4-8(9)12/h2-5,15H,6-7H2,1H3,(H,13,14). The number of aliphatic hydroxyl groups is 1. The first kappa shape index (κ1) is 12.8. The fourth-order valence-corrected chi connectivity index (χ4v) is 1.36. The molecule has 0 aliphatic carbocycles. The predicted octanol–water partition coefficient (Wildman–Crippen LogP) is 1.94. The van der Waals surface area contributed by atoms with Crippen LogP contribution >= 0.6 is 11.6 Å². The van der Waals surface area contributed by atoms with Gasteiger partial charge in [0.15, 0.2) is 0 Å². The number of rotatable bonds is 5. The van der Waals surface area contributed by atoms with Crippen LogP contribution in [0.5, 0.6) is 5.75 Å². The van der Waals surface area contributed by atoms with E-state index in [0.29, 0.717) is 10.8 Å². The molecule has 1 atom stereocenters. The minimum atomic E-state index is -1.41. The largest absolute Gasteiger partial charge is 0.489 e. The Balaban J connectivity index is 2.57. The Hall–Kier alpha value is -1.26. The van der Waals surface area contributed by atoms with Gasteiger partial charge in [0, 0.05) is 0 Å². The van der Waals surface area contributed by atoms with Crippen molar-refractivity contribution in [2.24, 2.45) is 0 Å². The highest BCUT2D eigenvalue weighted by Gasteiger charge is 2.25. The first-order valence-electron chi connectivity index (χ1n) is 4.72. The molecule has 0 saturated heterocycles. The zero-order chi connectivity index (χ0) is 12.2. The molecule has 1 aromatic carbocycles. The number of hydrogen-bond acceptors (Lipinski definition) is 3. The van der Waals surface area contributed by atoms with Crippen molar-refractivity contribution >= 4 is 17.6 Å². The van der Waals surface area contributed by atoms with Crippen LogP contribution in [0.25, 0.3) is 0 Å². The Bertz CT molecular complexity index is 376. The van der Waals surface area contributed by atoms with Crippen LogP contribution in [0, 0.1) is 0 Å². The quantitative estimate of drug-likeness (QED) is 0.831. The van der Waals surface area contributed by atoms with Crippen molar-refractivity contribution in [3.63, 3.8) is 0 Å². The summed E-state index contributed by atoms with van der Waals surface area (Å²) in [5.74, 6) is -0.650. The highest BCUT2D eigenvalue weighted by atomic mass is 35.5. The summed E-state index contributed by atoms with van der Waals surface area (Å²) in [4.78, 5) is 10.5. The normalized spacial score (nSPS) is 14.2. The summed E-state index contributed by atoms with van der Waals surface area (Å²) in [7, 11) is 0. The van der Waals surface area contributed by atoms with Crippen molar-refractivity contribution in [3.8, 4) is 5.75 Å². The molecule has 1 rings (SSSR count). The molecule has 0 saturated carbocycles. The number of ether oxygens (including phenoxy) is 1. The maximum absolute atomic E-state index is 10.5. The monoisotopic (exact) mass is 244 g/mol. The van der Waals surface area contributed by atoms with Gasteiger partial charge in [0.25, 0.3) is 0 Å². The minimum Gasteiger partial charge on any atom is -0.489 e. The van der Waals surface area contributed by atoms with Crippen molar-refractivity contribution in [2.45, 2.75) is 18.9 Å². The molecule has 0 aliphatic rings. The van der Waals surface area contributed by atoms with Crippen molar-refractivity contribution < 1.29 is 19.7 Å². The van der Waals surface area contributed by atoms with Gasteiger partial charge >= 0.3 is 5.97 Å². The van der Waals surface area contributed by atoms with E-state index in [2.05, 4.69) is 0 Å². The van der Waals surface area contributed by atoms with Gasteiger partial charge in [-0.25, -0.2) is 0 Å². The smallest absolute Gasteiger partial charge is 0.306 e. The lowest BCUT2D eigenvalue weighted by molar-refractivity contribution is -0.143. The molecular formula is C11H13ClO4. The molecule has 1 aromatic rings. The fraction of sp³-hybridized carbons (Fsp3) is 0.364. The Labute approximate surface area is 98.4 Å². The van der Waals surface area contributed by atoms with Crippen molar-refractivity contribution in [2.75, 3.05) is 6.61 Å². The SMILES string of the molecule is CC(O)(COc1ccccc1Cl)CC(=O)O. The van der Waals surface area contributed by atoms with Crippen LogP contribution in [0.3, 0.4) is 0 Å². The average Bonchev–Trinajstić information content (AvgIpc) is 2.14. The Kier molecular flexibility index (Phi) is 4.15. The molecule has 88 valence electrons. The van der Waals surface area contributed by atoms with Gasteiger partial charge < -0.3 is 14.9 Å². The summed E-state index contributed by atoms with van der Waals surface area (Å²) in [5.41, 5.74) is -1.41. The molecule has 5 heteroatoms. The maximum atomic E-state index is 10.5. The third-order valence-electron chi connectivity index (χ3n) is 1.91. The van der Waals surface area contributed by atoms with Gasteiger partial charge in [0.2, 0.25) is 0 Å². The third-order valence-corrected chi connectivity index (χ3v) is 2.22. The van der Waals surface area contributed by atoms with Gasteiger partial charge in [-0.05, 0) is 19.1 Å². The molecule has 4 nitrogen and oxygen atoms in total. The zero-order valence-electron chi connectivity index (χ0n) is 8.81. The average molecular weight is 245 g/mol. The van der Waals surface area contributed by atoms with E-state index < -0.39 is 11.6 Å². The molecule has 0 spiro atoms. The lowest BCUT2D eigenvalue weighted by Crippen LogP contribution is -2.34. The summed E-state index contributed by atoms with van der Waals surface area (Å²) >= 11 is 5.84. The Morgan fingerprint density at radius 3 is 2.69 bits per heavy atom. The van der Waals surface area contributed by atoms with Crippen molar-refractivity contribution in [1.29, 1.82) is 0 Å². The first-order valence-corrected chi connectivity index (χ1v) is 5.10. The van der Waals surface area contributed by atoms with Crippen LogP contribution in [-0.2, 0) is 4.79 Å². The number of hydrogen-bond donors (Lipinski definition) is 2. The second-order valence-corrected chi connectivity index (χ2v) is 4.19. The van der Waals surface area contributed by atoms with Crippen molar-refractivity contribution in [1.82, 2.24) is 0 Å². The molecular weight excluding hydrogens is 232 g/mol. The molecule has 16 heavy (non-hydrogen) atoms. The molecule has 1 unspecified atom stereocenters. The van der Waals surface area contributed by atoms with Crippen LogP contribution in [-0.4, -0.2) is 28.4 Å². The molecule has 2 N–H and O–H groups in total. The fourth-order valence-electron chi connectivity index (χ4n) is 1.17. The maximum Gasteiger partial charge on any atom is 0.306 e. The van der Waals surface area contributed by atoms with E-state index in [4.69, 9.17) is 21.4 Å². The van der Waals surface area contributed by atoms with E-state index in [9.17, 15) is 9.90 Å². The number of carboxylic acids is 1. The van der Waals surface area contributed by atoms with Crippen LogP contribution in [0.1, 0.15) is 13.3 Å². The summed E-state index contributed by atoms with van der Waals surface area (Å²) in [6.07, 6.45) is -0.378. The van der Waals surface area contributed by atoms with Gasteiger partial charge in [-0.15, -0.1) is 0 Å². The second kappa shape index (κ2) is 5.18. The summed E-state index contributed by atoms with van der Waals surface area (Å²) in [5, 5.41) is 18.7. The highest BCUT2D eigenvalue weighted by molar-refractivity contribution is 6.32. The summed E-state index contributed by atoms with van der Waals surface area (Å²) in [6.45, 7) is 1.28. The predicted molar refractivity (Wildman–Crippen MR) is 59.8 cm³/mol. The van der Waals surface area contributed by atoms with Crippen LogP contribution in [0.15, 0.2) is 24.3 Å². The van der Waals surface area contributed by atoms with E-state index in [1.165, 1.54) is 6.92 Å². The topological polar surface area (TPSA) is 66.8 Å². The number of benzene rings is 1. The molecule has 0 aliphatic heterocycles. The second-order valence-electron chi connectivity index (χ2n) is 3.79. The van der Waals surface area contributed by atoms with Gasteiger partial charge in [-0.3, -0.25) is 4.79 Å². The van der Waals surface area contributed by atoms with Gasteiger partial charge in [-0.2, -0.15) is 0 Å². The van der Waals surface area contributed by atoms with Gasteiger partial charge in [0.1, 0.15) is 18.0 Å². The molecule has 0 bridgehead atoms. The number of aliphatic carboxylic acids is 1. The highest BCUT2D eigenvalue weighted by Crippen LogP contribution is 2.24. The summed E-state index contributed by atoms with van der Waals surface area (Å²) in [6, 6.07) is 6.81. The van der Waals surface area contributed by atoms with Gasteiger partial charge in [0.05, 0.1) is 11.4 Å². The number of para-hydroxylation sites is 1. The minimum absolute atomic E-state index is 0.122. The third kappa shape index (κ3) is 4.08. The number of halogens is 1. The molecule has 0 aromatic heterocycles. The molecule has 0 amide bonds. The van der Waals surface area contributed by atoms with Crippen LogP contribution < -0.4 is 4.74 Å². The molecule has 0 heterocycles. The van der Waals surface area contributed by atoms with E-state index >= 15 is 0 Å². The Morgan fingerprint density at radius 1 is 1.50 bits per heavy atom.